The number of ether oxygens (including phenoxy) is 1. The van der Waals surface area contributed by atoms with E-state index in [4.69, 9.17) is 4.74 Å². The number of esters is 1. The van der Waals surface area contributed by atoms with Crippen LogP contribution in [0, 0.1) is 13.8 Å². The second-order valence-corrected chi connectivity index (χ2v) is 12.8. The Bertz CT molecular complexity index is 1460. The van der Waals surface area contributed by atoms with Crippen LogP contribution in [-0.2, 0) is 21.4 Å². The lowest BCUT2D eigenvalue weighted by Crippen LogP contribution is -2.49. The zero-order valence-electron chi connectivity index (χ0n) is 22.4. The fraction of sp³-hybridized carbons (Fsp3) is 0.481. The van der Waals surface area contributed by atoms with Crippen LogP contribution < -0.4 is 10.5 Å². The van der Waals surface area contributed by atoms with Crippen molar-refractivity contribution < 1.29 is 23.1 Å². The fourth-order valence-corrected chi connectivity index (χ4v) is 8.44. The molecule has 0 amide bonds. The number of rotatable bonds is 6. The summed E-state index contributed by atoms with van der Waals surface area (Å²) >= 11 is 0. The number of aliphatic hydroxyl groups is 1. The van der Waals surface area contributed by atoms with Crippen LogP contribution in [0.5, 0.6) is 0 Å². The number of hydrogen-bond acceptors (Lipinski definition) is 10. The molecule has 1 spiro atoms. The van der Waals surface area contributed by atoms with Crippen LogP contribution in [0.1, 0.15) is 58.0 Å². The molecule has 12 heteroatoms. The van der Waals surface area contributed by atoms with Crippen molar-refractivity contribution >= 4 is 28.0 Å². The normalized spacial score (nSPS) is 24.3. The SMILES string of the molecule is Cc1cc(S(=O)(=O)N2CCCC23CCN(CC(O)c2ccc4c(c2C)COC4=O)C3)ccc1N1C=NN(C)N1. The predicted molar refractivity (Wildman–Crippen MR) is 145 cm³/mol. The Morgan fingerprint density at radius 1 is 1.18 bits per heavy atom. The van der Waals surface area contributed by atoms with Gasteiger partial charge >= 0.3 is 5.97 Å². The lowest BCUT2D eigenvalue weighted by atomic mass is 9.95. The Balaban J connectivity index is 1.18. The largest absolute Gasteiger partial charge is 0.457 e. The molecule has 2 unspecified atom stereocenters. The number of benzene rings is 2. The first-order valence-corrected chi connectivity index (χ1v) is 14.7. The summed E-state index contributed by atoms with van der Waals surface area (Å²) in [4.78, 5) is 14.3. The number of sulfonamides is 1. The summed E-state index contributed by atoms with van der Waals surface area (Å²) in [6.45, 7) is 6.21. The van der Waals surface area contributed by atoms with E-state index in [0.29, 0.717) is 36.6 Å². The van der Waals surface area contributed by atoms with Crippen molar-refractivity contribution in [2.75, 3.05) is 38.2 Å². The van der Waals surface area contributed by atoms with E-state index in [1.807, 2.05) is 13.8 Å². The number of nitrogens with zero attached hydrogens (tertiary/aromatic N) is 5. The number of cyclic esters (lactones) is 1. The maximum Gasteiger partial charge on any atom is 0.338 e. The number of hydrazine groups is 2. The Labute approximate surface area is 228 Å². The quantitative estimate of drug-likeness (QED) is 0.518. The maximum atomic E-state index is 13.9. The molecule has 4 heterocycles. The van der Waals surface area contributed by atoms with Crippen molar-refractivity contribution in [1.29, 1.82) is 0 Å². The summed E-state index contributed by atoms with van der Waals surface area (Å²) in [5.41, 5.74) is 7.29. The van der Waals surface area contributed by atoms with Crippen molar-refractivity contribution in [1.82, 2.24) is 19.9 Å². The van der Waals surface area contributed by atoms with Crippen LogP contribution in [0.4, 0.5) is 5.69 Å². The molecular formula is C27H34N6O5S. The molecule has 0 aliphatic carbocycles. The first-order valence-electron chi connectivity index (χ1n) is 13.3. The van der Waals surface area contributed by atoms with E-state index in [0.717, 1.165) is 47.2 Å². The average molecular weight is 555 g/mol. The number of β-amino-alcohol motifs (C(OH)–C–C–N with tert-alkyl or cyclic N) is 1. The standard InChI is InChI=1S/C27H34N6O5S/c1-18-13-20(5-8-24(18)32-17-28-30(3)29-32)39(36,37)33-11-4-9-27(33)10-12-31(16-27)14-25(34)21-6-7-22-23(19(21)2)15-38-26(22)35/h5-8,13,17,25,29,34H,4,9-12,14-16H2,1-3H3. The summed E-state index contributed by atoms with van der Waals surface area (Å²) in [7, 11) is -1.93. The van der Waals surface area contributed by atoms with E-state index < -0.39 is 21.7 Å². The highest BCUT2D eigenvalue weighted by Crippen LogP contribution is 2.42. The summed E-state index contributed by atoms with van der Waals surface area (Å²) in [6, 6.07) is 8.73. The molecule has 0 bridgehead atoms. The van der Waals surface area contributed by atoms with Crippen molar-refractivity contribution in [3.63, 3.8) is 0 Å². The lowest BCUT2D eigenvalue weighted by Gasteiger charge is -2.34. The summed E-state index contributed by atoms with van der Waals surface area (Å²) in [5, 5.41) is 18.6. The van der Waals surface area contributed by atoms with Gasteiger partial charge in [0.05, 0.1) is 27.8 Å². The molecule has 39 heavy (non-hydrogen) atoms. The van der Waals surface area contributed by atoms with Crippen LogP contribution in [0.3, 0.4) is 0 Å². The molecule has 0 aromatic heterocycles. The number of likely N-dealkylation sites (tertiary alicyclic amines) is 1. The van der Waals surface area contributed by atoms with Crippen molar-refractivity contribution in [2.24, 2.45) is 5.10 Å². The minimum absolute atomic E-state index is 0.236. The fourth-order valence-electron chi connectivity index (χ4n) is 6.50. The van der Waals surface area contributed by atoms with E-state index >= 15 is 0 Å². The Hall–Kier alpha value is -3.03. The molecule has 2 aromatic carbocycles. The third-order valence-corrected chi connectivity index (χ3v) is 10.6. The maximum absolute atomic E-state index is 13.9. The number of carbonyl (C=O) groups is 1. The van der Waals surface area contributed by atoms with Gasteiger partial charge in [0.2, 0.25) is 10.0 Å². The predicted octanol–water partition coefficient (Wildman–Crippen LogP) is 2.05. The van der Waals surface area contributed by atoms with E-state index in [9.17, 15) is 18.3 Å². The number of hydrogen-bond donors (Lipinski definition) is 2. The van der Waals surface area contributed by atoms with Crippen LogP contribution >= 0.6 is 0 Å². The van der Waals surface area contributed by atoms with Gasteiger partial charge in [-0.3, -0.25) is 4.90 Å². The molecule has 0 radical (unpaired) electrons. The molecule has 4 aliphatic heterocycles. The number of aryl methyl sites for hydroxylation is 1. The van der Waals surface area contributed by atoms with Crippen LogP contribution in [0.2, 0.25) is 0 Å². The first-order chi connectivity index (χ1) is 18.6. The molecule has 2 fully saturated rings. The van der Waals surface area contributed by atoms with E-state index in [1.165, 1.54) is 0 Å². The molecule has 4 aliphatic rings. The van der Waals surface area contributed by atoms with Gasteiger partial charge in [0.1, 0.15) is 12.9 Å². The molecule has 2 saturated heterocycles. The van der Waals surface area contributed by atoms with Gasteiger partial charge in [0.15, 0.2) is 0 Å². The van der Waals surface area contributed by atoms with E-state index in [1.54, 1.807) is 58.2 Å². The third kappa shape index (κ3) is 4.40. The van der Waals surface area contributed by atoms with Gasteiger partial charge in [-0.25, -0.2) is 23.3 Å². The summed E-state index contributed by atoms with van der Waals surface area (Å²) < 4.78 is 34.7. The second-order valence-electron chi connectivity index (χ2n) is 11.0. The Morgan fingerprint density at radius 2 is 2.00 bits per heavy atom. The van der Waals surface area contributed by atoms with Gasteiger partial charge < -0.3 is 9.84 Å². The number of anilines is 1. The van der Waals surface area contributed by atoms with Crippen molar-refractivity contribution in [2.45, 2.75) is 56.3 Å². The molecule has 6 rings (SSSR count). The topological polar surface area (TPSA) is 118 Å². The van der Waals surface area contributed by atoms with Gasteiger partial charge in [-0.1, -0.05) is 6.07 Å². The Morgan fingerprint density at radius 3 is 2.74 bits per heavy atom. The highest BCUT2D eigenvalue weighted by Gasteiger charge is 2.51. The number of nitrogens with one attached hydrogen (secondary N) is 1. The second kappa shape index (κ2) is 9.56. The Kier molecular flexibility index (Phi) is 6.42. The minimum Gasteiger partial charge on any atom is -0.457 e. The third-order valence-electron chi connectivity index (χ3n) is 8.55. The van der Waals surface area contributed by atoms with E-state index in [2.05, 4.69) is 15.5 Å². The average Bonchev–Trinajstić information content (AvgIpc) is 3.69. The molecule has 11 nitrogen and oxygen atoms in total. The molecule has 2 aromatic rings. The molecule has 208 valence electrons. The monoisotopic (exact) mass is 554 g/mol. The smallest absolute Gasteiger partial charge is 0.338 e. The molecule has 0 saturated carbocycles. The van der Waals surface area contributed by atoms with Gasteiger partial charge in [-0.2, -0.15) is 4.31 Å². The van der Waals surface area contributed by atoms with Gasteiger partial charge in [0.25, 0.3) is 0 Å². The number of carbonyl (C=O) groups excluding carboxylic acids is 1. The van der Waals surface area contributed by atoms with Crippen LogP contribution in [0.15, 0.2) is 40.3 Å². The number of aliphatic hydroxyl groups excluding tert-OH is 1. The summed E-state index contributed by atoms with van der Waals surface area (Å²) in [6.07, 6.45) is 3.23. The van der Waals surface area contributed by atoms with Gasteiger partial charge in [-0.05, 0) is 74.1 Å². The zero-order chi connectivity index (χ0) is 27.5. The highest BCUT2D eigenvalue weighted by atomic mass is 32.2. The number of fused-ring (bicyclic) bond motifs is 1. The highest BCUT2D eigenvalue weighted by molar-refractivity contribution is 7.89. The molecule has 2 atom stereocenters. The van der Waals surface area contributed by atoms with Gasteiger partial charge in [-0.15, -0.1) is 10.6 Å². The zero-order valence-corrected chi connectivity index (χ0v) is 23.2. The minimum atomic E-state index is -3.71. The van der Waals surface area contributed by atoms with Crippen molar-refractivity contribution in [3.8, 4) is 0 Å². The number of hydrazone groups is 1. The first kappa shape index (κ1) is 26.2. The van der Waals surface area contributed by atoms with Crippen LogP contribution in [-0.4, -0.2) is 78.9 Å². The summed E-state index contributed by atoms with van der Waals surface area (Å²) in [5.74, 6) is -0.322. The molecular weight excluding hydrogens is 520 g/mol. The lowest BCUT2D eigenvalue weighted by molar-refractivity contribution is 0.0535. The van der Waals surface area contributed by atoms with Gasteiger partial charge in [0, 0.05) is 38.8 Å². The molecule has 2 N–H and O–H groups in total. The van der Waals surface area contributed by atoms with E-state index in [-0.39, 0.29) is 12.6 Å². The van der Waals surface area contributed by atoms with Crippen molar-refractivity contribution in [3.05, 3.63) is 58.1 Å². The van der Waals surface area contributed by atoms with Crippen LogP contribution in [0.25, 0.3) is 0 Å².